The summed E-state index contributed by atoms with van der Waals surface area (Å²) in [6, 6.07) is 1.65. The molecule has 3 heterocycles. The van der Waals surface area contributed by atoms with Crippen LogP contribution in [0.4, 0.5) is 0 Å². The lowest BCUT2D eigenvalue weighted by molar-refractivity contribution is -0.133. The van der Waals surface area contributed by atoms with Gasteiger partial charge in [0.15, 0.2) is 0 Å². The zero-order valence-corrected chi connectivity index (χ0v) is 13.1. The predicted molar refractivity (Wildman–Crippen MR) is 83.8 cm³/mol. The van der Waals surface area contributed by atoms with Crippen LogP contribution in [0.25, 0.3) is 0 Å². The summed E-state index contributed by atoms with van der Waals surface area (Å²) in [7, 11) is 0. The molecule has 7 nitrogen and oxygen atoms in total. The number of carbonyl (C=O) groups is 1. The maximum absolute atomic E-state index is 12.3. The van der Waals surface area contributed by atoms with Crippen LogP contribution in [0.3, 0.4) is 0 Å². The Morgan fingerprint density at radius 3 is 2.78 bits per heavy atom. The number of rotatable bonds is 3. The third kappa shape index (κ3) is 3.61. The van der Waals surface area contributed by atoms with E-state index in [1.807, 2.05) is 13.1 Å². The molecule has 1 aliphatic heterocycles. The second-order valence-corrected chi connectivity index (χ2v) is 5.77. The molecule has 1 saturated heterocycles. The Labute approximate surface area is 134 Å². The van der Waals surface area contributed by atoms with Crippen LogP contribution in [0, 0.1) is 6.92 Å². The summed E-state index contributed by atoms with van der Waals surface area (Å²) >= 11 is 0. The summed E-state index contributed by atoms with van der Waals surface area (Å²) < 4.78 is 1.33. The van der Waals surface area contributed by atoms with E-state index in [2.05, 4.69) is 15.0 Å². The number of piperidine rings is 1. The van der Waals surface area contributed by atoms with Gasteiger partial charge < -0.3 is 4.90 Å². The zero-order valence-electron chi connectivity index (χ0n) is 13.1. The molecule has 7 heteroatoms. The third-order valence-electron chi connectivity index (χ3n) is 4.13. The van der Waals surface area contributed by atoms with E-state index in [0.717, 1.165) is 24.2 Å². The molecule has 1 aliphatic rings. The van der Waals surface area contributed by atoms with Crippen molar-refractivity contribution in [2.75, 3.05) is 13.1 Å². The van der Waals surface area contributed by atoms with E-state index in [1.165, 1.54) is 10.8 Å². The van der Waals surface area contributed by atoms with Crippen LogP contribution >= 0.6 is 0 Å². The van der Waals surface area contributed by atoms with Gasteiger partial charge >= 0.3 is 5.69 Å². The highest BCUT2D eigenvalue weighted by Gasteiger charge is 2.25. The molecule has 0 atom stereocenters. The Kier molecular flexibility index (Phi) is 4.45. The molecule has 0 unspecified atom stereocenters. The highest BCUT2D eigenvalue weighted by atomic mass is 16.2. The van der Waals surface area contributed by atoms with Gasteiger partial charge in [0, 0.05) is 43.8 Å². The van der Waals surface area contributed by atoms with Gasteiger partial charge in [0.05, 0.1) is 11.4 Å². The van der Waals surface area contributed by atoms with Crippen LogP contribution in [-0.4, -0.2) is 43.4 Å². The molecule has 0 bridgehead atoms. The fourth-order valence-corrected chi connectivity index (χ4v) is 2.86. The summed E-state index contributed by atoms with van der Waals surface area (Å²) in [5, 5.41) is 0. The summed E-state index contributed by atoms with van der Waals surface area (Å²) in [6.45, 7) is 3.32. The van der Waals surface area contributed by atoms with E-state index in [0.29, 0.717) is 19.0 Å². The largest absolute Gasteiger partial charge is 0.347 e. The predicted octanol–water partition coefficient (Wildman–Crippen LogP) is 0.748. The van der Waals surface area contributed by atoms with Crippen LogP contribution in [0.2, 0.25) is 0 Å². The Morgan fingerprint density at radius 2 is 2.09 bits per heavy atom. The van der Waals surface area contributed by atoms with Gasteiger partial charge in [-0.25, -0.2) is 9.78 Å². The monoisotopic (exact) mass is 313 g/mol. The lowest BCUT2D eigenvalue weighted by Gasteiger charge is -2.31. The number of hydrogen-bond acceptors (Lipinski definition) is 5. The van der Waals surface area contributed by atoms with Gasteiger partial charge in [-0.2, -0.15) is 0 Å². The second kappa shape index (κ2) is 6.68. The Balaban J connectivity index is 1.59. The highest BCUT2D eigenvalue weighted by Crippen LogP contribution is 2.26. The van der Waals surface area contributed by atoms with Crippen LogP contribution in [-0.2, 0) is 11.3 Å². The number of hydrogen-bond donors (Lipinski definition) is 0. The SMILES string of the molecule is Cc1cncc(C2CCN(C(=O)Cn3cccnc3=O)CC2)n1. The molecule has 0 N–H and O–H groups in total. The van der Waals surface area contributed by atoms with Crippen molar-refractivity contribution in [3.05, 3.63) is 52.7 Å². The summed E-state index contributed by atoms with van der Waals surface area (Å²) in [5.41, 5.74) is 1.52. The van der Waals surface area contributed by atoms with E-state index in [4.69, 9.17) is 0 Å². The van der Waals surface area contributed by atoms with Crippen LogP contribution in [0.1, 0.15) is 30.1 Å². The Morgan fingerprint density at radius 1 is 1.30 bits per heavy atom. The van der Waals surface area contributed by atoms with Crippen molar-refractivity contribution < 1.29 is 4.79 Å². The molecule has 23 heavy (non-hydrogen) atoms. The van der Waals surface area contributed by atoms with E-state index in [9.17, 15) is 9.59 Å². The third-order valence-corrected chi connectivity index (χ3v) is 4.13. The first kappa shape index (κ1) is 15.3. The average Bonchev–Trinajstić information content (AvgIpc) is 2.57. The number of amides is 1. The maximum atomic E-state index is 12.3. The molecule has 0 aromatic carbocycles. The molecule has 0 spiro atoms. The smallest absolute Gasteiger partial charge is 0.341 e. The molecular weight excluding hydrogens is 294 g/mol. The summed E-state index contributed by atoms with van der Waals surface area (Å²) in [5.74, 6) is 0.293. The van der Waals surface area contributed by atoms with Gasteiger partial charge in [0.25, 0.3) is 0 Å². The second-order valence-electron chi connectivity index (χ2n) is 5.77. The number of likely N-dealkylation sites (tertiary alicyclic amines) is 1. The van der Waals surface area contributed by atoms with Crippen LogP contribution in [0.5, 0.6) is 0 Å². The van der Waals surface area contributed by atoms with Crippen LogP contribution < -0.4 is 5.69 Å². The van der Waals surface area contributed by atoms with Gasteiger partial charge in [-0.3, -0.25) is 19.3 Å². The quantitative estimate of drug-likeness (QED) is 0.835. The molecule has 3 rings (SSSR count). The molecule has 0 radical (unpaired) electrons. The van der Waals surface area contributed by atoms with Crippen molar-refractivity contribution in [2.24, 2.45) is 0 Å². The fourth-order valence-electron chi connectivity index (χ4n) is 2.86. The molecule has 1 fully saturated rings. The standard InChI is InChI=1S/C16H19N5O2/c1-12-9-17-10-14(19-12)13-3-7-20(8-4-13)15(22)11-21-6-2-5-18-16(21)23/h2,5-6,9-10,13H,3-4,7-8,11H2,1H3. The van der Waals surface area contributed by atoms with Crippen molar-refractivity contribution in [3.8, 4) is 0 Å². The minimum absolute atomic E-state index is 0.0432. The van der Waals surface area contributed by atoms with Gasteiger partial charge in [-0.1, -0.05) is 0 Å². The van der Waals surface area contributed by atoms with E-state index in [1.54, 1.807) is 23.4 Å². The number of aryl methyl sites for hydroxylation is 1. The molecule has 1 amide bonds. The molecular formula is C16H19N5O2. The number of aromatic nitrogens is 4. The maximum Gasteiger partial charge on any atom is 0.347 e. The van der Waals surface area contributed by atoms with Crippen molar-refractivity contribution >= 4 is 5.91 Å². The fraction of sp³-hybridized carbons (Fsp3) is 0.438. The Hall–Kier alpha value is -2.57. The van der Waals surface area contributed by atoms with Gasteiger partial charge in [0.1, 0.15) is 6.54 Å². The molecule has 0 saturated carbocycles. The van der Waals surface area contributed by atoms with Crippen molar-refractivity contribution in [1.29, 1.82) is 0 Å². The molecule has 120 valence electrons. The lowest BCUT2D eigenvalue weighted by atomic mass is 9.93. The minimum atomic E-state index is -0.397. The lowest BCUT2D eigenvalue weighted by Crippen LogP contribution is -2.41. The zero-order chi connectivity index (χ0) is 16.2. The number of carbonyl (C=O) groups excluding carboxylic acids is 1. The topological polar surface area (TPSA) is 81.0 Å². The minimum Gasteiger partial charge on any atom is -0.341 e. The van der Waals surface area contributed by atoms with Crippen molar-refractivity contribution in [3.63, 3.8) is 0 Å². The Bertz CT molecular complexity index is 750. The number of nitrogens with zero attached hydrogens (tertiary/aromatic N) is 5. The van der Waals surface area contributed by atoms with E-state index >= 15 is 0 Å². The van der Waals surface area contributed by atoms with Crippen molar-refractivity contribution in [1.82, 2.24) is 24.4 Å². The molecule has 0 aliphatic carbocycles. The van der Waals surface area contributed by atoms with Crippen LogP contribution in [0.15, 0.2) is 35.6 Å². The highest BCUT2D eigenvalue weighted by molar-refractivity contribution is 5.76. The van der Waals surface area contributed by atoms with Crippen molar-refractivity contribution in [2.45, 2.75) is 32.2 Å². The first-order valence-electron chi connectivity index (χ1n) is 7.71. The first-order chi connectivity index (χ1) is 11.1. The summed E-state index contributed by atoms with van der Waals surface area (Å²) in [4.78, 5) is 38.1. The van der Waals surface area contributed by atoms with Gasteiger partial charge in [-0.05, 0) is 25.8 Å². The van der Waals surface area contributed by atoms with Gasteiger partial charge in [0.2, 0.25) is 5.91 Å². The molecule has 2 aromatic rings. The van der Waals surface area contributed by atoms with E-state index in [-0.39, 0.29) is 12.5 Å². The average molecular weight is 313 g/mol. The first-order valence-corrected chi connectivity index (χ1v) is 7.71. The van der Waals surface area contributed by atoms with E-state index < -0.39 is 5.69 Å². The molecule has 2 aromatic heterocycles. The van der Waals surface area contributed by atoms with Gasteiger partial charge in [-0.15, -0.1) is 0 Å². The summed E-state index contributed by atoms with van der Waals surface area (Å²) in [6.07, 6.45) is 8.30. The normalized spacial score (nSPS) is 15.6.